The monoisotopic (exact) mass is 201 g/mol. The average Bonchev–Trinajstić information content (AvgIpc) is 2.15. The standard InChI is InChI=1S/C12H25O2/c1-3-4-5-6-7-8-9-10-14-11-12(2)13/h11-13H,3-10H2,1-2H3. The van der Waals surface area contributed by atoms with Gasteiger partial charge in [-0.3, -0.25) is 0 Å². The lowest BCUT2D eigenvalue weighted by Gasteiger charge is -2.05. The Morgan fingerprint density at radius 3 is 2.21 bits per heavy atom. The van der Waals surface area contributed by atoms with E-state index in [9.17, 15) is 0 Å². The van der Waals surface area contributed by atoms with E-state index in [4.69, 9.17) is 9.84 Å². The molecule has 2 nitrogen and oxygen atoms in total. The molecular formula is C12H25O2. The van der Waals surface area contributed by atoms with Crippen LogP contribution in [0.2, 0.25) is 0 Å². The van der Waals surface area contributed by atoms with E-state index in [1.165, 1.54) is 45.1 Å². The Kier molecular flexibility index (Phi) is 10.9. The van der Waals surface area contributed by atoms with Crippen molar-refractivity contribution < 1.29 is 9.84 Å². The third-order valence-electron chi connectivity index (χ3n) is 2.16. The molecule has 0 amide bonds. The van der Waals surface area contributed by atoms with E-state index in [-0.39, 0.29) is 0 Å². The Hall–Kier alpha value is -0.0800. The predicted molar refractivity (Wildman–Crippen MR) is 59.9 cm³/mol. The van der Waals surface area contributed by atoms with Gasteiger partial charge in [0.1, 0.15) is 6.61 Å². The summed E-state index contributed by atoms with van der Waals surface area (Å²) in [4.78, 5) is 0. The van der Waals surface area contributed by atoms with E-state index in [2.05, 4.69) is 6.92 Å². The molecular weight excluding hydrogens is 176 g/mol. The van der Waals surface area contributed by atoms with Crippen LogP contribution in [-0.2, 0) is 4.74 Å². The van der Waals surface area contributed by atoms with E-state index >= 15 is 0 Å². The highest BCUT2D eigenvalue weighted by Crippen LogP contribution is 2.07. The minimum Gasteiger partial charge on any atom is -0.391 e. The lowest BCUT2D eigenvalue weighted by atomic mass is 10.1. The molecule has 0 aromatic carbocycles. The van der Waals surface area contributed by atoms with E-state index in [0.29, 0.717) is 0 Å². The largest absolute Gasteiger partial charge is 0.391 e. The highest BCUT2D eigenvalue weighted by Gasteiger charge is 1.95. The van der Waals surface area contributed by atoms with Gasteiger partial charge in [-0.2, -0.15) is 0 Å². The van der Waals surface area contributed by atoms with Crippen LogP contribution in [-0.4, -0.2) is 17.8 Å². The highest BCUT2D eigenvalue weighted by molar-refractivity contribution is 4.57. The van der Waals surface area contributed by atoms with Crippen LogP contribution >= 0.6 is 0 Å². The lowest BCUT2D eigenvalue weighted by molar-refractivity contribution is 0.0999. The molecule has 0 fully saturated rings. The van der Waals surface area contributed by atoms with Gasteiger partial charge < -0.3 is 9.84 Å². The zero-order valence-electron chi connectivity index (χ0n) is 9.67. The second kappa shape index (κ2) is 11.0. The van der Waals surface area contributed by atoms with Crippen LogP contribution in [0.4, 0.5) is 0 Å². The average molecular weight is 201 g/mol. The van der Waals surface area contributed by atoms with Crippen molar-refractivity contribution in [1.82, 2.24) is 0 Å². The molecule has 0 saturated heterocycles. The van der Waals surface area contributed by atoms with Gasteiger partial charge in [0, 0.05) is 6.61 Å². The molecule has 1 unspecified atom stereocenters. The molecule has 14 heavy (non-hydrogen) atoms. The van der Waals surface area contributed by atoms with Crippen LogP contribution in [0.3, 0.4) is 0 Å². The van der Waals surface area contributed by atoms with Gasteiger partial charge in [-0.1, -0.05) is 45.4 Å². The Balaban J connectivity index is 2.85. The zero-order chi connectivity index (χ0) is 10.6. The fourth-order valence-electron chi connectivity index (χ4n) is 1.35. The summed E-state index contributed by atoms with van der Waals surface area (Å²) >= 11 is 0. The first kappa shape index (κ1) is 13.9. The number of aliphatic hydroxyl groups is 1. The summed E-state index contributed by atoms with van der Waals surface area (Å²) in [6.45, 7) is 6.18. The van der Waals surface area contributed by atoms with Crippen molar-refractivity contribution in [3.8, 4) is 0 Å². The minimum atomic E-state index is -0.445. The molecule has 1 atom stereocenters. The molecule has 0 spiro atoms. The number of rotatable bonds is 10. The molecule has 0 bridgehead atoms. The third kappa shape index (κ3) is 11.9. The SMILES string of the molecule is CCCCCCCCCO[CH]C(C)O. The van der Waals surface area contributed by atoms with E-state index in [1.807, 2.05) is 0 Å². The number of hydrogen-bond donors (Lipinski definition) is 1. The van der Waals surface area contributed by atoms with E-state index < -0.39 is 6.10 Å². The van der Waals surface area contributed by atoms with Crippen molar-refractivity contribution in [3.05, 3.63) is 6.61 Å². The summed E-state index contributed by atoms with van der Waals surface area (Å²) in [5.74, 6) is 0. The summed E-state index contributed by atoms with van der Waals surface area (Å²) in [6, 6.07) is 0. The smallest absolute Gasteiger partial charge is 0.112 e. The molecule has 0 aliphatic carbocycles. The fraction of sp³-hybridized carbons (Fsp3) is 0.917. The zero-order valence-corrected chi connectivity index (χ0v) is 9.67. The van der Waals surface area contributed by atoms with Gasteiger partial charge in [-0.25, -0.2) is 0 Å². The van der Waals surface area contributed by atoms with Crippen molar-refractivity contribution in [2.24, 2.45) is 0 Å². The normalized spacial score (nSPS) is 13.1. The van der Waals surface area contributed by atoms with Crippen LogP contribution < -0.4 is 0 Å². The fourth-order valence-corrected chi connectivity index (χ4v) is 1.35. The second-order valence-electron chi connectivity index (χ2n) is 3.87. The van der Waals surface area contributed by atoms with Gasteiger partial charge in [0.2, 0.25) is 0 Å². The van der Waals surface area contributed by atoms with Crippen molar-refractivity contribution in [1.29, 1.82) is 0 Å². The summed E-state index contributed by atoms with van der Waals surface area (Å²) in [5, 5.41) is 8.87. The van der Waals surface area contributed by atoms with Crippen LogP contribution in [0.15, 0.2) is 0 Å². The molecule has 85 valence electrons. The third-order valence-corrected chi connectivity index (χ3v) is 2.16. The van der Waals surface area contributed by atoms with E-state index in [0.717, 1.165) is 13.0 Å². The maximum atomic E-state index is 8.87. The molecule has 1 N–H and O–H groups in total. The van der Waals surface area contributed by atoms with Crippen molar-refractivity contribution in [2.45, 2.75) is 64.9 Å². The first-order chi connectivity index (χ1) is 6.77. The van der Waals surface area contributed by atoms with Gasteiger partial charge >= 0.3 is 0 Å². The van der Waals surface area contributed by atoms with Gasteiger partial charge in [-0.05, 0) is 13.3 Å². The second-order valence-corrected chi connectivity index (χ2v) is 3.87. The first-order valence-electron chi connectivity index (χ1n) is 5.90. The quantitative estimate of drug-likeness (QED) is 0.549. The van der Waals surface area contributed by atoms with Crippen LogP contribution in [0.25, 0.3) is 0 Å². The lowest BCUT2D eigenvalue weighted by Crippen LogP contribution is -2.04. The van der Waals surface area contributed by atoms with Crippen LogP contribution in [0.1, 0.15) is 58.8 Å². The van der Waals surface area contributed by atoms with Crippen molar-refractivity contribution >= 4 is 0 Å². The number of unbranched alkanes of at least 4 members (excludes halogenated alkanes) is 6. The minimum absolute atomic E-state index is 0.445. The number of aliphatic hydroxyl groups excluding tert-OH is 1. The summed E-state index contributed by atoms with van der Waals surface area (Å²) < 4.78 is 5.15. The Bertz CT molecular complexity index is 102. The molecule has 0 aromatic heterocycles. The summed E-state index contributed by atoms with van der Waals surface area (Å²) in [5.41, 5.74) is 0. The maximum Gasteiger partial charge on any atom is 0.112 e. The highest BCUT2D eigenvalue weighted by atomic mass is 16.5. The van der Waals surface area contributed by atoms with Gasteiger partial charge in [-0.15, -0.1) is 0 Å². The summed E-state index contributed by atoms with van der Waals surface area (Å²) in [6.07, 6.45) is 8.63. The van der Waals surface area contributed by atoms with Crippen molar-refractivity contribution in [3.63, 3.8) is 0 Å². The topological polar surface area (TPSA) is 29.5 Å². The number of hydrogen-bond acceptors (Lipinski definition) is 2. The molecule has 0 aliphatic heterocycles. The van der Waals surface area contributed by atoms with Crippen LogP contribution in [0.5, 0.6) is 0 Å². The molecule has 0 aromatic rings. The molecule has 2 heteroatoms. The Morgan fingerprint density at radius 1 is 1.07 bits per heavy atom. The van der Waals surface area contributed by atoms with Crippen molar-refractivity contribution in [2.75, 3.05) is 6.61 Å². The Labute approximate surface area is 88.7 Å². The molecule has 0 rings (SSSR count). The maximum absolute atomic E-state index is 8.87. The molecule has 1 radical (unpaired) electrons. The van der Waals surface area contributed by atoms with Gasteiger partial charge in [0.25, 0.3) is 0 Å². The molecule has 0 aliphatic rings. The van der Waals surface area contributed by atoms with Crippen LogP contribution in [0, 0.1) is 6.61 Å². The molecule has 0 heterocycles. The first-order valence-corrected chi connectivity index (χ1v) is 5.90. The van der Waals surface area contributed by atoms with E-state index in [1.54, 1.807) is 6.92 Å². The van der Waals surface area contributed by atoms with Gasteiger partial charge in [0.15, 0.2) is 0 Å². The van der Waals surface area contributed by atoms with Gasteiger partial charge in [0.05, 0.1) is 6.10 Å². The predicted octanol–water partition coefficient (Wildman–Crippen LogP) is 3.30. The Morgan fingerprint density at radius 2 is 1.64 bits per heavy atom. The molecule has 0 saturated carbocycles. The summed E-state index contributed by atoms with van der Waals surface area (Å²) in [7, 11) is 0. The number of ether oxygens (including phenoxy) is 1.